The molecule has 0 aromatic heterocycles. The molecular formula is C18H17F3N2O4S. The van der Waals surface area contributed by atoms with Gasteiger partial charge in [-0.15, -0.1) is 0 Å². The average Bonchev–Trinajstić information content (AvgIpc) is 2.58. The van der Waals surface area contributed by atoms with E-state index >= 15 is 0 Å². The smallest absolute Gasteiger partial charge is 0.324 e. The molecule has 6 nitrogen and oxygen atoms in total. The van der Waals surface area contributed by atoms with Crippen LogP contribution in [0.2, 0.25) is 0 Å². The van der Waals surface area contributed by atoms with Crippen molar-refractivity contribution in [3.05, 3.63) is 59.7 Å². The van der Waals surface area contributed by atoms with E-state index in [2.05, 4.69) is 5.32 Å². The first kappa shape index (κ1) is 21.4. The Balaban J connectivity index is 2.22. The molecule has 28 heavy (non-hydrogen) atoms. The van der Waals surface area contributed by atoms with Crippen LogP contribution in [0.5, 0.6) is 0 Å². The summed E-state index contributed by atoms with van der Waals surface area (Å²) in [6.07, 6.45) is -3.72. The number of nitrogens with one attached hydrogen (secondary N) is 1. The number of ketones is 1. The van der Waals surface area contributed by atoms with Gasteiger partial charge in [0.25, 0.3) is 0 Å². The molecular weight excluding hydrogens is 397 g/mol. The first-order valence-corrected chi connectivity index (χ1v) is 9.78. The predicted molar refractivity (Wildman–Crippen MR) is 98.7 cm³/mol. The number of sulfonamides is 1. The quantitative estimate of drug-likeness (QED) is 0.735. The van der Waals surface area contributed by atoms with E-state index in [4.69, 9.17) is 0 Å². The molecule has 2 aromatic rings. The van der Waals surface area contributed by atoms with Crippen LogP contribution in [-0.4, -0.2) is 32.9 Å². The van der Waals surface area contributed by atoms with E-state index in [-0.39, 0.29) is 11.5 Å². The van der Waals surface area contributed by atoms with E-state index < -0.39 is 34.2 Å². The van der Waals surface area contributed by atoms with Crippen LogP contribution in [0.1, 0.15) is 22.8 Å². The molecule has 0 aliphatic rings. The number of Topliss-reactive ketones (excluding diaryl/α,β-unsaturated/α-hetero) is 1. The second-order valence-electron chi connectivity index (χ2n) is 6.00. The topological polar surface area (TPSA) is 83.6 Å². The number of halogens is 3. The first-order valence-electron chi connectivity index (χ1n) is 7.94. The van der Waals surface area contributed by atoms with Crippen LogP contribution in [0, 0.1) is 0 Å². The molecule has 0 aliphatic heterocycles. The lowest BCUT2D eigenvalue weighted by atomic mass is 10.1. The molecule has 0 aliphatic carbocycles. The summed E-state index contributed by atoms with van der Waals surface area (Å²) in [5, 5.41) is 2.47. The molecule has 0 unspecified atom stereocenters. The van der Waals surface area contributed by atoms with Gasteiger partial charge in [-0.2, -0.15) is 13.2 Å². The van der Waals surface area contributed by atoms with Gasteiger partial charge in [-0.25, -0.2) is 8.42 Å². The highest BCUT2D eigenvalue weighted by Crippen LogP contribution is 2.31. The molecule has 10 heteroatoms. The van der Waals surface area contributed by atoms with Gasteiger partial charge in [0.2, 0.25) is 15.9 Å². The number of benzene rings is 2. The number of carbonyl (C=O) groups excluding carboxylic acids is 2. The lowest BCUT2D eigenvalue weighted by Crippen LogP contribution is -2.37. The molecule has 1 amide bonds. The van der Waals surface area contributed by atoms with Gasteiger partial charge in [0, 0.05) is 11.3 Å². The normalized spacial score (nSPS) is 11.8. The standard InChI is InChI=1S/C18H17F3N2O4S/c1-12(24)13-4-3-5-15(10-13)22-17(25)11-23(28(2,26)27)16-8-6-14(7-9-16)18(19,20)21/h3-10H,11H2,1-2H3,(H,22,25). The minimum atomic E-state index is -4.56. The van der Waals surface area contributed by atoms with Crippen LogP contribution in [-0.2, 0) is 21.0 Å². The lowest BCUT2D eigenvalue weighted by molar-refractivity contribution is -0.137. The van der Waals surface area contributed by atoms with Crippen molar-refractivity contribution >= 4 is 33.1 Å². The van der Waals surface area contributed by atoms with Crippen molar-refractivity contribution in [2.75, 3.05) is 22.4 Å². The highest BCUT2D eigenvalue weighted by molar-refractivity contribution is 7.92. The molecule has 0 bridgehead atoms. The zero-order valence-corrected chi connectivity index (χ0v) is 15.8. The number of hydrogen-bond acceptors (Lipinski definition) is 4. The molecule has 0 atom stereocenters. The Labute approximate surface area is 160 Å². The second kappa shape index (κ2) is 8.01. The summed E-state index contributed by atoms with van der Waals surface area (Å²) in [5.74, 6) is -0.926. The zero-order valence-electron chi connectivity index (χ0n) is 14.9. The molecule has 0 spiro atoms. The zero-order chi connectivity index (χ0) is 21.1. The fraction of sp³-hybridized carbons (Fsp3) is 0.222. The third-order valence-electron chi connectivity index (χ3n) is 3.72. The Hall–Kier alpha value is -2.88. The number of anilines is 2. The van der Waals surface area contributed by atoms with Crippen molar-refractivity contribution in [3.8, 4) is 0 Å². The van der Waals surface area contributed by atoms with Gasteiger partial charge in [0.15, 0.2) is 5.78 Å². The summed E-state index contributed by atoms with van der Waals surface area (Å²) in [6, 6.07) is 9.50. The molecule has 150 valence electrons. The predicted octanol–water partition coefficient (Wildman–Crippen LogP) is 3.31. The molecule has 0 fully saturated rings. The van der Waals surface area contributed by atoms with Gasteiger partial charge >= 0.3 is 6.18 Å². The minimum absolute atomic E-state index is 0.0804. The maximum Gasteiger partial charge on any atom is 0.416 e. The molecule has 0 heterocycles. The molecule has 1 N–H and O–H groups in total. The second-order valence-corrected chi connectivity index (χ2v) is 7.91. The van der Waals surface area contributed by atoms with Gasteiger partial charge in [0.1, 0.15) is 6.54 Å². The van der Waals surface area contributed by atoms with E-state index in [0.717, 1.165) is 30.5 Å². The SMILES string of the molecule is CC(=O)c1cccc(NC(=O)CN(c2ccc(C(F)(F)F)cc2)S(C)(=O)=O)c1. The summed E-state index contributed by atoms with van der Waals surface area (Å²) >= 11 is 0. The van der Waals surface area contributed by atoms with Crippen LogP contribution >= 0.6 is 0 Å². The van der Waals surface area contributed by atoms with Gasteiger partial charge in [-0.3, -0.25) is 13.9 Å². The Morgan fingerprint density at radius 2 is 1.68 bits per heavy atom. The van der Waals surface area contributed by atoms with Gasteiger partial charge < -0.3 is 5.32 Å². The van der Waals surface area contributed by atoms with Crippen LogP contribution < -0.4 is 9.62 Å². The van der Waals surface area contributed by atoms with E-state index in [0.29, 0.717) is 15.6 Å². The third kappa shape index (κ3) is 5.56. The van der Waals surface area contributed by atoms with Crippen LogP contribution in [0.15, 0.2) is 48.5 Å². The van der Waals surface area contributed by atoms with E-state index in [1.165, 1.54) is 19.1 Å². The Morgan fingerprint density at radius 1 is 1.07 bits per heavy atom. The number of nitrogens with zero attached hydrogens (tertiary/aromatic N) is 1. The fourth-order valence-electron chi connectivity index (χ4n) is 2.36. The van der Waals surface area contributed by atoms with Crippen molar-refractivity contribution < 1.29 is 31.2 Å². The molecule has 0 radical (unpaired) electrons. The molecule has 0 saturated heterocycles. The van der Waals surface area contributed by atoms with Crippen LogP contribution in [0.3, 0.4) is 0 Å². The first-order chi connectivity index (χ1) is 12.9. The van der Waals surface area contributed by atoms with Crippen molar-refractivity contribution in [3.63, 3.8) is 0 Å². The van der Waals surface area contributed by atoms with E-state index in [9.17, 15) is 31.2 Å². The van der Waals surface area contributed by atoms with Crippen molar-refractivity contribution in [1.82, 2.24) is 0 Å². The highest BCUT2D eigenvalue weighted by atomic mass is 32.2. The number of hydrogen-bond donors (Lipinski definition) is 1. The number of amides is 1. The minimum Gasteiger partial charge on any atom is -0.324 e. The van der Waals surface area contributed by atoms with Crippen LogP contribution in [0.4, 0.5) is 24.5 Å². The third-order valence-corrected chi connectivity index (χ3v) is 4.86. The van der Waals surface area contributed by atoms with E-state index in [1.807, 2.05) is 0 Å². The Kier molecular flexibility index (Phi) is 6.13. The summed E-state index contributed by atoms with van der Waals surface area (Å²) in [5.41, 5.74) is -0.364. The van der Waals surface area contributed by atoms with Crippen molar-refractivity contribution in [2.45, 2.75) is 13.1 Å². The van der Waals surface area contributed by atoms with Gasteiger partial charge in [0.05, 0.1) is 17.5 Å². The number of rotatable bonds is 6. The maximum atomic E-state index is 12.7. The highest BCUT2D eigenvalue weighted by Gasteiger charge is 2.30. The maximum absolute atomic E-state index is 12.7. The lowest BCUT2D eigenvalue weighted by Gasteiger charge is -2.22. The molecule has 2 aromatic carbocycles. The summed E-state index contributed by atoms with van der Waals surface area (Å²) in [7, 11) is -3.94. The summed E-state index contributed by atoms with van der Waals surface area (Å²) < 4.78 is 62.8. The van der Waals surface area contributed by atoms with Crippen molar-refractivity contribution in [2.24, 2.45) is 0 Å². The Bertz CT molecular complexity index is 987. The van der Waals surface area contributed by atoms with Crippen molar-refractivity contribution in [1.29, 1.82) is 0 Å². The molecule has 2 rings (SSSR count). The van der Waals surface area contributed by atoms with E-state index in [1.54, 1.807) is 12.1 Å². The largest absolute Gasteiger partial charge is 0.416 e. The average molecular weight is 414 g/mol. The summed E-state index contributed by atoms with van der Waals surface area (Å²) in [4.78, 5) is 23.7. The Morgan fingerprint density at radius 3 is 2.18 bits per heavy atom. The van der Waals surface area contributed by atoms with Gasteiger partial charge in [-0.05, 0) is 43.3 Å². The van der Waals surface area contributed by atoms with Gasteiger partial charge in [-0.1, -0.05) is 12.1 Å². The summed E-state index contributed by atoms with van der Waals surface area (Å²) in [6.45, 7) is 0.714. The molecule has 0 saturated carbocycles. The fourth-order valence-corrected chi connectivity index (χ4v) is 3.22. The number of alkyl halides is 3. The monoisotopic (exact) mass is 414 g/mol. The number of carbonyl (C=O) groups is 2. The van der Waals surface area contributed by atoms with Crippen LogP contribution in [0.25, 0.3) is 0 Å².